The van der Waals surface area contributed by atoms with Crippen LogP contribution in [0.15, 0.2) is 12.1 Å². The Morgan fingerprint density at radius 2 is 1.60 bits per heavy atom. The number of methoxy groups -OCH3 is 3. The van der Waals surface area contributed by atoms with Gasteiger partial charge in [-0.2, -0.15) is 0 Å². The summed E-state index contributed by atoms with van der Waals surface area (Å²) < 4.78 is 20.5. The molecule has 0 aliphatic rings. The average molecular weight is 288 g/mol. The Hall–Kier alpha value is -1.54. The Bertz CT molecular complexity index is 396. The number of hydrogen-bond donors (Lipinski definition) is 3. The van der Waals surface area contributed by atoms with E-state index in [-0.39, 0.29) is 6.79 Å². The summed E-state index contributed by atoms with van der Waals surface area (Å²) in [7, 11) is 4.36. The fourth-order valence-electron chi connectivity index (χ4n) is 1.65. The van der Waals surface area contributed by atoms with Crippen molar-refractivity contribution in [2.45, 2.75) is 12.2 Å². The lowest BCUT2D eigenvalue weighted by Crippen LogP contribution is -2.22. The van der Waals surface area contributed by atoms with Gasteiger partial charge in [0, 0.05) is 7.11 Å². The third-order valence-electron chi connectivity index (χ3n) is 2.70. The van der Waals surface area contributed by atoms with Gasteiger partial charge >= 0.3 is 0 Å². The second kappa shape index (κ2) is 7.91. The Balaban J connectivity index is 3.17. The van der Waals surface area contributed by atoms with E-state index in [9.17, 15) is 10.2 Å². The van der Waals surface area contributed by atoms with E-state index in [0.717, 1.165) is 0 Å². The number of hydrogen-bond acceptors (Lipinski definition) is 7. The predicted octanol–water partition coefficient (Wildman–Crippen LogP) is 0.0731. The highest BCUT2D eigenvalue weighted by Crippen LogP contribution is 2.40. The molecule has 7 nitrogen and oxygen atoms in total. The molecule has 1 aromatic rings. The van der Waals surface area contributed by atoms with Crippen LogP contribution >= 0.6 is 0 Å². The van der Waals surface area contributed by atoms with Crippen LogP contribution in [0.5, 0.6) is 17.2 Å². The summed E-state index contributed by atoms with van der Waals surface area (Å²) >= 11 is 0. The van der Waals surface area contributed by atoms with Crippen molar-refractivity contribution in [2.75, 3.05) is 34.7 Å². The smallest absolute Gasteiger partial charge is 0.206 e. The zero-order valence-corrected chi connectivity index (χ0v) is 11.7. The van der Waals surface area contributed by atoms with Crippen LogP contribution in [0, 0.1) is 0 Å². The molecule has 0 aromatic heterocycles. The Morgan fingerprint density at radius 1 is 1.05 bits per heavy atom. The van der Waals surface area contributed by atoms with E-state index < -0.39 is 18.8 Å². The lowest BCUT2D eigenvalue weighted by atomic mass is 10.0. The zero-order valence-electron chi connectivity index (χ0n) is 11.7. The zero-order chi connectivity index (χ0) is 15.1. The molecule has 0 amide bonds. The van der Waals surface area contributed by atoms with Crippen molar-refractivity contribution in [1.82, 2.24) is 0 Å². The van der Waals surface area contributed by atoms with Crippen molar-refractivity contribution < 1.29 is 34.3 Å². The minimum atomic E-state index is -1.30. The monoisotopic (exact) mass is 288 g/mol. The molecule has 0 fully saturated rings. The van der Waals surface area contributed by atoms with Gasteiger partial charge in [-0.15, -0.1) is 0 Å². The Labute approximate surface area is 117 Å². The second-order valence-electron chi connectivity index (χ2n) is 4.00. The first-order chi connectivity index (χ1) is 9.58. The number of rotatable bonds is 8. The van der Waals surface area contributed by atoms with Crippen LogP contribution in [0.2, 0.25) is 0 Å². The number of ether oxygens (including phenoxy) is 4. The summed E-state index contributed by atoms with van der Waals surface area (Å²) in [5.74, 6) is 0.965. The average Bonchev–Trinajstić information content (AvgIpc) is 2.50. The minimum absolute atomic E-state index is 0.00782. The van der Waals surface area contributed by atoms with Gasteiger partial charge in [-0.1, -0.05) is 0 Å². The van der Waals surface area contributed by atoms with Gasteiger partial charge < -0.3 is 34.3 Å². The third kappa shape index (κ3) is 3.73. The Morgan fingerprint density at radius 3 is 2.00 bits per heavy atom. The molecular weight excluding hydrogens is 268 g/mol. The number of aliphatic hydroxyl groups is 3. The van der Waals surface area contributed by atoms with Crippen molar-refractivity contribution >= 4 is 0 Å². The molecule has 0 radical (unpaired) electrons. The standard InChI is InChI=1S/C13H20O7/c1-17-7-20-13-10(18-2)4-8(5-11(13)19-3)12(16)9(15)6-14/h4-5,9,12,14-16H,6-7H2,1-3H3/t9-,12-/m1/s1. The maximum absolute atomic E-state index is 9.91. The van der Waals surface area contributed by atoms with Gasteiger partial charge in [0.05, 0.1) is 20.8 Å². The molecule has 0 saturated heterocycles. The summed E-state index contributed by atoms with van der Waals surface area (Å²) in [5.41, 5.74) is 0.338. The topological polar surface area (TPSA) is 97.6 Å². The molecule has 114 valence electrons. The molecule has 0 unspecified atom stereocenters. The first kappa shape index (κ1) is 16.5. The summed E-state index contributed by atoms with van der Waals surface area (Å²) in [6.45, 7) is -0.554. The van der Waals surface area contributed by atoms with Crippen LogP contribution < -0.4 is 14.2 Å². The minimum Gasteiger partial charge on any atom is -0.493 e. The first-order valence-electron chi connectivity index (χ1n) is 5.93. The summed E-state index contributed by atoms with van der Waals surface area (Å²) in [6.07, 6.45) is -2.56. The van der Waals surface area contributed by atoms with E-state index in [4.69, 9.17) is 24.1 Å². The molecule has 1 aromatic carbocycles. The highest BCUT2D eigenvalue weighted by molar-refractivity contribution is 5.54. The SMILES string of the molecule is COCOc1c(OC)cc([C@@H](O)[C@H](O)CO)cc1OC. The van der Waals surface area contributed by atoms with E-state index >= 15 is 0 Å². The van der Waals surface area contributed by atoms with Crippen LogP contribution in [0.1, 0.15) is 11.7 Å². The van der Waals surface area contributed by atoms with Crippen LogP contribution in [0.4, 0.5) is 0 Å². The fourth-order valence-corrected chi connectivity index (χ4v) is 1.65. The molecule has 0 aliphatic carbocycles. The van der Waals surface area contributed by atoms with Gasteiger partial charge in [0.15, 0.2) is 18.3 Å². The van der Waals surface area contributed by atoms with Crippen molar-refractivity contribution in [3.63, 3.8) is 0 Å². The van der Waals surface area contributed by atoms with E-state index in [2.05, 4.69) is 0 Å². The summed E-state index contributed by atoms with van der Waals surface area (Å²) in [4.78, 5) is 0. The molecule has 7 heteroatoms. The molecule has 0 aliphatic heterocycles. The van der Waals surface area contributed by atoms with Crippen molar-refractivity contribution in [3.05, 3.63) is 17.7 Å². The number of benzene rings is 1. The molecule has 20 heavy (non-hydrogen) atoms. The third-order valence-corrected chi connectivity index (χ3v) is 2.70. The summed E-state index contributed by atoms with van der Waals surface area (Å²) in [6, 6.07) is 2.99. The van der Waals surface area contributed by atoms with Gasteiger partial charge in [0.2, 0.25) is 5.75 Å². The van der Waals surface area contributed by atoms with Crippen LogP contribution in [-0.4, -0.2) is 56.2 Å². The fraction of sp³-hybridized carbons (Fsp3) is 0.538. The van der Waals surface area contributed by atoms with Crippen molar-refractivity contribution in [2.24, 2.45) is 0 Å². The summed E-state index contributed by atoms with van der Waals surface area (Å²) in [5, 5.41) is 28.3. The van der Waals surface area contributed by atoms with Crippen molar-refractivity contribution in [3.8, 4) is 17.2 Å². The molecule has 0 bridgehead atoms. The highest BCUT2D eigenvalue weighted by atomic mass is 16.7. The van der Waals surface area contributed by atoms with Gasteiger partial charge in [-0.3, -0.25) is 0 Å². The van der Waals surface area contributed by atoms with E-state index in [0.29, 0.717) is 22.8 Å². The van der Waals surface area contributed by atoms with E-state index in [1.807, 2.05) is 0 Å². The largest absolute Gasteiger partial charge is 0.493 e. The van der Waals surface area contributed by atoms with E-state index in [1.165, 1.54) is 33.5 Å². The predicted molar refractivity (Wildman–Crippen MR) is 70.1 cm³/mol. The lowest BCUT2D eigenvalue weighted by Gasteiger charge is -2.20. The van der Waals surface area contributed by atoms with Gasteiger partial charge in [-0.25, -0.2) is 0 Å². The Kier molecular flexibility index (Phi) is 6.53. The molecule has 3 N–H and O–H groups in total. The van der Waals surface area contributed by atoms with Crippen molar-refractivity contribution in [1.29, 1.82) is 0 Å². The lowest BCUT2D eigenvalue weighted by molar-refractivity contribution is -0.0155. The normalized spacial score (nSPS) is 13.7. The highest BCUT2D eigenvalue weighted by Gasteiger charge is 2.22. The number of aliphatic hydroxyl groups excluding tert-OH is 3. The molecule has 1 rings (SSSR count). The quantitative estimate of drug-likeness (QED) is 0.582. The van der Waals surface area contributed by atoms with Gasteiger partial charge in [-0.05, 0) is 17.7 Å². The van der Waals surface area contributed by atoms with Crippen LogP contribution in [-0.2, 0) is 4.74 Å². The van der Waals surface area contributed by atoms with E-state index in [1.54, 1.807) is 0 Å². The first-order valence-corrected chi connectivity index (χ1v) is 5.93. The molecule has 0 heterocycles. The molecule has 0 spiro atoms. The van der Waals surface area contributed by atoms with Gasteiger partial charge in [0.25, 0.3) is 0 Å². The maximum Gasteiger partial charge on any atom is 0.206 e. The maximum atomic E-state index is 9.91. The van der Waals surface area contributed by atoms with Crippen LogP contribution in [0.3, 0.4) is 0 Å². The molecule has 0 saturated carbocycles. The molecule has 2 atom stereocenters. The molecular formula is C13H20O7. The van der Waals surface area contributed by atoms with Gasteiger partial charge in [0.1, 0.15) is 12.2 Å². The second-order valence-corrected chi connectivity index (χ2v) is 4.00. The van der Waals surface area contributed by atoms with Crippen LogP contribution in [0.25, 0.3) is 0 Å².